The standard InChI is InChI=1S/C65H58N2O4S2/c1-44(68)12-11-13-47-18-27-53(28-19-47)66(55-31-23-51(24-32-55)49-14-7-5-8-15-49)57-35-37-61-59(42-57)45(2)64(72-61)65-46(3)60-43-58(36-38-62(60)73-65)67(56-33-25-52(26-34-56)50-16-9-6-10-17-50)54-29-20-48(21-30-54)22-39-63(69)71-41-40-70-4/h5-10,14-21,23-38,42-43H,11-13,22,39-41H2,1-4H3. The summed E-state index contributed by atoms with van der Waals surface area (Å²) in [4.78, 5) is 31.3. The van der Waals surface area contributed by atoms with Gasteiger partial charge in [-0.3, -0.25) is 4.79 Å². The lowest BCUT2D eigenvalue weighted by Crippen LogP contribution is -2.11. The summed E-state index contributed by atoms with van der Waals surface area (Å²) in [6, 6.07) is 69.7. The van der Waals surface area contributed by atoms with Crippen molar-refractivity contribution in [2.24, 2.45) is 0 Å². The van der Waals surface area contributed by atoms with Crippen LogP contribution in [0.5, 0.6) is 0 Å². The van der Waals surface area contributed by atoms with Crippen LogP contribution in [-0.4, -0.2) is 32.1 Å². The summed E-state index contributed by atoms with van der Waals surface area (Å²) >= 11 is 3.73. The van der Waals surface area contributed by atoms with Crippen molar-refractivity contribution < 1.29 is 19.1 Å². The van der Waals surface area contributed by atoms with Gasteiger partial charge in [0.1, 0.15) is 12.4 Å². The fourth-order valence-corrected chi connectivity index (χ4v) is 12.2. The van der Waals surface area contributed by atoms with Crippen LogP contribution in [0.1, 0.15) is 48.4 Å². The van der Waals surface area contributed by atoms with Crippen molar-refractivity contribution in [3.63, 3.8) is 0 Å². The van der Waals surface area contributed by atoms with Crippen LogP contribution in [0.3, 0.4) is 0 Å². The van der Waals surface area contributed by atoms with E-state index in [0.717, 1.165) is 58.1 Å². The summed E-state index contributed by atoms with van der Waals surface area (Å²) in [5.74, 6) is 0.0113. The number of carbonyl (C=O) groups is 2. The van der Waals surface area contributed by atoms with Crippen molar-refractivity contribution in [2.45, 2.75) is 52.9 Å². The smallest absolute Gasteiger partial charge is 0.306 e. The number of Topliss-reactive ketones (excluding diaryl/α,β-unsaturated/α-hetero) is 1. The molecule has 10 aromatic rings. The largest absolute Gasteiger partial charge is 0.463 e. The number of methoxy groups -OCH3 is 1. The van der Waals surface area contributed by atoms with Gasteiger partial charge in [-0.25, -0.2) is 0 Å². The van der Waals surface area contributed by atoms with Crippen LogP contribution in [0.4, 0.5) is 34.1 Å². The molecule has 0 unspecified atom stereocenters. The van der Waals surface area contributed by atoms with Gasteiger partial charge >= 0.3 is 5.97 Å². The summed E-state index contributed by atoms with van der Waals surface area (Å²) in [5.41, 5.74) is 16.0. The van der Waals surface area contributed by atoms with E-state index < -0.39 is 0 Å². The molecule has 0 saturated carbocycles. The number of ketones is 1. The molecule has 0 radical (unpaired) electrons. The van der Waals surface area contributed by atoms with E-state index in [1.54, 1.807) is 14.0 Å². The minimum atomic E-state index is -0.222. The fraction of sp³-hybridized carbons (Fsp3) is 0.169. The van der Waals surface area contributed by atoms with E-state index >= 15 is 0 Å². The topological polar surface area (TPSA) is 59.1 Å². The predicted octanol–water partition coefficient (Wildman–Crippen LogP) is 17.7. The summed E-state index contributed by atoms with van der Waals surface area (Å²) in [7, 11) is 1.60. The van der Waals surface area contributed by atoms with Gasteiger partial charge in [0, 0.05) is 73.2 Å². The molecule has 8 aromatic carbocycles. The zero-order chi connectivity index (χ0) is 50.3. The predicted molar refractivity (Wildman–Crippen MR) is 307 cm³/mol. The van der Waals surface area contributed by atoms with Crippen molar-refractivity contribution in [2.75, 3.05) is 30.1 Å². The van der Waals surface area contributed by atoms with Crippen LogP contribution in [-0.2, 0) is 31.9 Å². The molecule has 73 heavy (non-hydrogen) atoms. The second kappa shape index (κ2) is 22.4. The molecule has 0 spiro atoms. The molecular weight excluding hydrogens is 937 g/mol. The number of aryl methyl sites for hydroxylation is 4. The maximum atomic E-state index is 12.4. The van der Waals surface area contributed by atoms with E-state index in [1.165, 1.54) is 63.3 Å². The molecule has 364 valence electrons. The van der Waals surface area contributed by atoms with Crippen molar-refractivity contribution in [3.8, 4) is 32.0 Å². The number of hydrogen-bond donors (Lipinski definition) is 0. The molecule has 0 saturated heterocycles. The van der Waals surface area contributed by atoms with Gasteiger partial charge in [0.05, 0.1) is 6.61 Å². The molecule has 0 fully saturated rings. The number of ether oxygens (including phenoxy) is 2. The second-order valence-corrected chi connectivity index (χ2v) is 20.7. The van der Waals surface area contributed by atoms with Crippen LogP contribution < -0.4 is 9.80 Å². The first-order valence-electron chi connectivity index (χ1n) is 25.0. The van der Waals surface area contributed by atoms with Crippen LogP contribution >= 0.6 is 22.7 Å². The summed E-state index contributed by atoms with van der Waals surface area (Å²) in [6.45, 7) is 6.87. The Bertz CT molecular complexity index is 3490. The van der Waals surface area contributed by atoms with E-state index in [2.05, 4.69) is 212 Å². The monoisotopic (exact) mass is 994 g/mol. The molecular formula is C65H58N2O4S2. The second-order valence-electron chi connectivity index (χ2n) is 18.6. The third-order valence-electron chi connectivity index (χ3n) is 13.6. The van der Waals surface area contributed by atoms with Crippen LogP contribution in [0.25, 0.3) is 52.2 Å². The average molecular weight is 995 g/mol. The van der Waals surface area contributed by atoms with Gasteiger partial charge in [0.15, 0.2) is 0 Å². The molecule has 0 aliphatic carbocycles. The van der Waals surface area contributed by atoms with Gasteiger partial charge in [-0.1, -0.05) is 109 Å². The van der Waals surface area contributed by atoms with Gasteiger partial charge in [0.25, 0.3) is 0 Å². The number of carbonyl (C=O) groups excluding carboxylic acids is 2. The zero-order valence-corrected chi connectivity index (χ0v) is 43.4. The Labute approximate surface area is 436 Å². The molecule has 8 heteroatoms. The van der Waals surface area contributed by atoms with Crippen molar-refractivity contribution >= 4 is 88.7 Å². The molecule has 0 atom stereocenters. The lowest BCUT2D eigenvalue weighted by atomic mass is 10.0. The highest BCUT2D eigenvalue weighted by atomic mass is 32.1. The summed E-state index contributed by atoms with van der Waals surface area (Å²) in [5, 5.41) is 2.48. The third kappa shape index (κ3) is 11.1. The Hall–Kier alpha value is -7.62. The minimum Gasteiger partial charge on any atom is -0.463 e. The van der Waals surface area contributed by atoms with Gasteiger partial charge in [0.2, 0.25) is 0 Å². The lowest BCUT2D eigenvalue weighted by molar-refractivity contribution is -0.144. The molecule has 0 N–H and O–H groups in total. The van der Waals surface area contributed by atoms with Crippen LogP contribution in [0.15, 0.2) is 194 Å². The van der Waals surface area contributed by atoms with E-state index in [-0.39, 0.29) is 18.4 Å². The molecule has 10 rings (SSSR count). The Morgan fingerprint density at radius 2 is 0.849 bits per heavy atom. The molecule has 0 aliphatic heterocycles. The number of hydrogen-bond acceptors (Lipinski definition) is 8. The first-order chi connectivity index (χ1) is 35.7. The Kier molecular flexibility index (Phi) is 15.0. The average Bonchev–Trinajstić information content (AvgIpc) is 3.93. The number of thiophene rings is 2. The van der Waals surface area contributed by atoms with E-state index in [9.17, 15) is 9.59 Å². The third-order valence-corrected chi connectivity index (χ3v) is 16.3. The fourth-order valence-electron chi connectivity index (χ4n) is 9.61. The van der Waals surface area contributed by atoms with E-state index in [1.807, 2.05) is 28.7 Å². The van der Waals surface area contributed by atoms with Gasteiger partial charge in [-0.2, -0.15) is 0 Å². The normalized spacial score (nSPS) is 11.3. The number of rotatable bonds is 19. The number of nitrogens with zero attached hydrogens (tertiary/aromatic N) is 2. The highest BCUT2D eigenvalue weighted by molar-refractivity contribution is 7.28. The van der Waals surface area contributed by atoms with Gasteiger partial charge in [-0.05, 0) is 180 Å². The first-order valence-corrected chi connectivity index (χ1v) is 26.6. The Morgan fingerprint density at radius 1 is 0.452 bits per heavy atom. The molecule has 6 nitrogen and oxygen atoms in total. The van der Waals surface area contributed by atoms with Crippen LogP contribution in [0.2, 0.25) is 0 Å². The molecule has 0 aliphatic rings. The number of benzene rings is 8. The first kappa shape index (κ1) is 49.0. The van der Waals surface area contributed by atoms with Crippen molar-refractivity contribution in [1.29, 1.82) is 0 Å². The highest BCUT2D eigenvalue weighted by Crippen LogP contribution is 2.49. The number of anilines is 6. The summed E-state index contributed by atoms with van der Waals surface area (Å²) < 4.78 is 12.8. The molecule has 2 heterocycles. The molecule has 2 aromatic heterocycles. The summed E-state index contributed by atoms with van der Waals surface area (Å²) in [6.07, 6.45) is 3.24. The quantitative estimate of drug-likeness (QED) is 0.0594. The highest BCUT2D eigenvalue weighted by Gasteiger charge is 2.22. The van der Waals surface area contributed by atoms with Gasteiger partial charge in [-0.15, -0.1) is 22.7 Å². The molecule has 0 amide bonds. The van der Waals surface area contributed by atoms with Gasteiger partial charge < -0.3 is 24.1 Å². The van der Waals surface area contributed by atoms with E-state index in [0.29, 0.717) is 25.9 Å². The van der Waals surface area contributed by atoms with E-state index in [4.69, 9.17) is 9.47 Å². The number of fused-ring (bicyclic) bond motifs is 2. The lowest BCUT2D eigenvalue weighted by Gasteiger charge is -2.26. The SMILES string of the molecule is COCCOC(=O)CCc1ccc(N(c2ccc(-c3ccccc3)cc2)c2ccc3sc(-c4sc5ccc(N(c6ccc(CCCC(C)=O)cc6)c6ccc(-c7ccccc7)cc6)cc5c4C)c(C)c3c2)cc1. The maximum Gasteiger partial charge on any atom is 0.306 e. The Balaban J connectivity index is 0.981. The maximum absolute atomic E-state index is 12.4. The van der Waals surface area contributed by atoms with Crippen molar-refractivity contribution in [3.05, 3.63) is 216 Å². The molecule has 0 bridgehead atoms. The zero-order valence-electron chi connectivity index (χ0n) is 41.8. The number of esters is 1. The van der Waals surface area contributed by atoms with Crippen LogP contribution in [0, 0.1) is 13.8 Å². The minimum absolute atomic E-state index is 0.222. The van der Waals surface area contributed by atoms with Crippen molar-refractivity contribution in [1.82, 2.24) is 0 Å². The Morgan fingerprint density at radius 3 is 1.27 bits per heavy atom.